The van der Waals surface area contributed by atoms with Gasteiger partial charge in [-0.2, -0.15) is 5.26 Å². The molecule has 2 aromatic heterocycles. The number of fused-ring (bicyclic) bond motifs is 6. The molecule has 52 heavy (non-hydrogen) atoms. The number of rotatable bonds is 8. The number of nitrogens with zero attached hydrogens (tertiary/aromatic N) is 3. The van der Waals surface area contributed by atoms with Gasteiger partial charge < -0.3 is 19.9 Å². The van der Waals surface area contributed by atoms with Gasteiger partial charge in [0, 0.05) is 52.0 Å². The third kappa shape index (κ3) is 5.73. The number of aryl methyl sites for hydroxylation is 1. The zero-order chi connectivity index (χ0) is 36.1. The number of hydrogen-bond donors (Lipinski definition) is 2. The maximum Gasteiger partial charge on any atom is 0.261 e. The number of alkyl halides is 1. The molecule has 4 aliphatic carbocycles. The molecule has 11 rings (SSSR count). The number of aromatic amines is 1. The van der Waals surface area contributed by atoms with Gasteiger partial charge in [-0.3, -0.25) is 4.79 Å². The molecule has 4 atom stereocenters. The lowest BCUT2D eigenvalue weighted by Gasteiger charge is -2.39. The third-order valence-corrected chi connectivity index (χ3v) is 12.9. The van der Waals surface area contributed by atoms with Crippen molar-refractivity contribution in [2.75, 3.05) is 6.54 Å². The molecule has 0 spiro atoms. The highest BCUT2D eigenvalue weighted by molar-refractivity contribution is 6.43. The average Bonchev–Trinajstić information content (AvgIpc) is 3.67. The van der Waals surface area contributed by atoms with Gasteiger partial charge in [0.2, 0.25) is 0 Å². The molecule has 4 bridgehead atoms. The van der Waals surface area contributed by atoms with Crippen molar-refractivity contribution in [2.24, 2.45) is 11.8 Å². The Kier molecular flexibility index (Phi) is 8.42. The highest BCUT2D eigenvalue weighted by atomic mass is 35.5. The number of piperidine rings is 1. The summed E-state index contributed by atoms with van der Waals surface area (Å²) in [7, 11) is 0. The van der Waals surface area contributed by atoms with Gasteiger partial charge in [0.1, 0.15) is 5.52 Å². The minimum Gasteiger partial charge on any atom is -0.375 e. The van der Waals surface area contributed by atoms with Crippen molar-refractivity contribution in [1.29, 1.82) is 5.26 Å². The Morgan fingerprint density at radius 3 is 2.60 bits per heavy atom. The van der Waals surface area contributed by atoms with Crippen LogP contribution in [0.15, 0.2) is 36.9 Å². The number of carbonyl (C=O) groups is 1. The molecule has 7 nitrogen and oxygen atoms in total. The number of carbonyl (C=O) groups excluding carboxylic acids is 1. The molecular weight excluding hydrogens is 703 g/mol. The molecule has 11 heteroatoms. The van der Waals surface area contributed by atoms with Gasteiger partial charge in [-0.25, -0.2) is 13.8 Å². The van der Waals surface area contributed by atoms with E-state index in [1.54, 1.807) is 23.1 Å². The fraction of sp³-hybridized carbons (Fsp3) is 0.488. The lowest BCUT2D eigenvalue weighted by molar-refractivity contribution is -0.146. The zero-order valence-electron chi connectivity index (χ0n) is 29.1. The van der Waals surface area contributed by atoms with E-state index in [-0.39, 0.29) is 66.0 Å². The van der Waals surface area contributed by atoms with E-state index in [4.69, 9.17) is 32.9 Å². The summed E-state index contributed by atoms with van der Waals surface area (Å²) >= 11 is 12.9. The van der Waals surface area contributed by atoms with E-state index in [0.29, 0.717) is 44.7 Å². The number of ether oxygens (including phenoxy) is 1. The first kappa shape index (κ1) is 34.2. The SMILES string of the molecule is C1NC2CC1C2.C=C(C)c1nc2c(F)c(-c3cccc(Cl)c3Cl)c(CCC#N)cc2c2[nH]c(C3C4CC(CC4OC4CC4)N3C(=O)C3(F)CC3)cc12. The molecule has 2 N–H and O–H groups in total. The van der Waals surface area contributed by atoms with Crippen LogP contribution in [0, 0.1) is 29.0 Å². The summed E-state index contributed by atoms with van der Waals surface area (Å²) in [6.45, 7) is 7.28. The Balaban J connectivity index is 0.000000539. The van der Waals surface area contributed by atoms with E-state index in [0.717, 1.165) is 42.3 Å². The lowest BCUT2D eigenvalue weighted by atomic mass is 9.87. The van der Waals surface area contributed by atoms with Crippen LogP contribution >= 0.6 is 23.2 Å². The van der Waals surface area contributed by atoms with Gasteiger partial charge in [-0.15, -0.1) is 0 Å². The van der Waals surface area contributed by atoms with Gasteiger partial charge in [-0.1, -0.05) is 41.9 Å². The summed E-state index contributed by atoms with van der Waals surface area (Å²) in [4.78, 5) is 23.8. The highest BCUT2D eigenvalue weighted by Gasteiger charge is 2.62. The van der Waals surface area contributed by atoms with Crippen molar-refractivity contribution in [1.82, 2.24) is 20.2 Å². The molecule has 270 valence electrons. The summed E-state index contributed by atoms with van der Waals surface area (Å²) < 4.78 is 38.6. The number of nitriles is 1. The number of allylic oxidation sites excluding steroid dienone is 1. The van der Waals surface area contributed by atoms with Crippen LogP contribution < -0.4 is 5.32 Å². The van der Waals surface area contributed by atoms with Gasteiger partial charge in [-0.05, 0) is 107 Å². The van der Waals surface area contributed by atoms with Crippen molar-refractivity contribution in [3.05, 3.63) is 69.7 Å². The molecule has 2 aromatic carbocycles. The molecular formula is C41H41Cl2F2N5O2. The second-order valence-corrected chi connectivity index (χ2v) is 16.6. The summed E-state index contributed by atoms with van der Waals surface area (Å²) in [5.41, 5.74) is 2.17. The van der Waals surface area contributed by atoms with Crippen LogP contribution in [0.3, 0.4) is 0 Å². The number of aromatic nitrogens is 2. The maximum absolute atomic E-state index is 16.8. The van der Waals surface area contributed by atoms with Crippen LogP contribution in [0.2, 0.25) is 10.0 Å². The number of amides is 1. The Morgan fingerprint density at radius 2 is 1.96 bits per heavy atom. The summed E-state index contributed by atoms with van der Waals surface area (Å²) in [5, 5.41) is 14.6. The fourth-order valence-corrected chi connectivity index (χ4v) is 9.53. The first-order valence-corrected chi connectivity index (χ1v) is 19.4. The van der Waals surface area contributed by atoms with E-state index >= 15 is 8.78 Å². The summed E-state index contributed by atoms with van der Waals surface area (Å²) in [5.74, 6) is 0.0781. The number of halogens is 4. The second kappa shape index (κ2) is 12.8. The third-order valence-electron chi connectivity index (χ3n) is 12.1. The van der Waals surface area contributed by atoms with Crippen molar-refractivity contribution < 1.29 is 18.3 Å². The van der Waals surface area contributed by atoms with Crippen LogP contribution in [0.25, 0.3) is 38.5 Å². The number of likely N-dealkylation sites (tertiary alicyclic amines) is 1. The normalized spacial score (nSPS) is 27.7. The Bertz CT molecular complexity index is 2170. The Labute approximate surface area is 311 Å². The van der Waals surface area contributed by atoms with Crippen LogP contribution in [0.1, 0.15) is 87.7 Å². The largest absolute Gasteiger partial charge is 0.375 e. The molecule has 1 amide bonds. The lowest BCUT2D eigenvalue weighted by Crippen LogP contribution is -2.48. The molecule has 7 fully saturated rings. The van der Waals surface area contributed by atoms with E-state index in [1.165, 1.54) is 19.4 Å². The quantitative estimate of drug-likeness (QED) is 0.188. The van der Waals surface area contributed by atoms with Crippen LogP contribution in [-0.2, 0) is 16.0 Å². The number of pyridine rings is 1. The predicted molar refractivity (Wildman–Crippen MR) is 199 cm³/mol. The van der Waals surface area contributed by atoms with E-state index in [9.17, 15) is 10.1 Å². The Hall–Kier alpha value is -3.55. The molecule has 7 aliphatic rings. The smallest absolute Gasteiger partial charge is 0.261 e. The van der Waals surface area contributed by atoms with E-state index in [1.807, 2.05) is 19.1 Å². The number of hydrogen-bond acceptors (Lipinski definition) is 5. The number of nitrogens with one attached hydrogen (secondary N) is 2. The molecule has 4 saturated carbocycles. The van der Waals surface area contributed by atoms with Crippen molar-refractivity contribution in [3.8, 4) is 17.2 Å². The monoisotopic (exact) mass is 743 g/mol. The van der Waals surface area contributed by atoms with Gasteiger partial charge in [0.05, 0.1) is 45.6 Å². The molecule has 4 unspecified atom stereocenters. The highest BCUT2D eigenvalue weighted by Crippen LogP contribution is 2.56. The molecule has 5 heterocycles. The number of benzene rings is 2. The molecule has 3 saturated heterocycles. The molecule has 4 aromatic rings. The van der Waals surface area contributed by atoms with E-state index < -0.39 is 23.4 Å². The van der Waals surface area contributed by atoms with Crippen LogP contribution in [0.4, 0.5) is 8.78 Å². The van der Waals surface area contributed by atoms with Crippen molar-refractivity contribution in [3.63, 3.8) is 0 Å². The molecule has 3 aliphatic heterocycles. The Morgan fingerprint density at radius 1 is 1.17 bits per heavy atom. The maximum atomic E-state index is 16.8. The fourth-order valence-electron chi connectivity index (χ4n) is 9.13. The zero-order valence-corrected chi connectivity index (χ0v) is 30.6. The standard InChI is InChI=1S/C36H32Cl2F2N4O2.C5H9N/c1-17(2)31-24-16-26(34-22-14-19(15-27(22)46-20-8-9-20)44(34)35(45)36(40)10-11-36)42-32(24)23-13-18(5-4-12-41)28(30(39)33(23)43-31)21-6-3-7-25(37)29(21)38;1-4-2-5(1)6-3-4/h3,6-7,13,16,19-20,22,27,34,42H,1,4-5,8-11,14-15H2,2H3;4-6H,1-3H2. The second-order valence-electron chi connectivity index (χ2n) is 15.9. The van der Waals surface area contributed by atoms with Gasteiger partial charge in [0.25, 0.3) is 5.91 Å². The first-order chi connectivity index (χ1) is 25.0. The topological polar surface area (TPSA) is 94.0 Å². The average molecular weight is 745 g/mol. The van der Waals surface area contributed by atoms with Gasteiger partial charge in [0.15, 0.2) is 11.5 Å². The summed E-state index contributed by atoms with van der Waals surface area (Å²) in [6, 6.07) is 11.5. The minimum atomic E-state index is -1.80. The molecule has 0 radical (unpaired) electrons. The van der Waals surface area contributed by atoms with Gasteiger partial charge >= 0.3 is 0 Å². The van der Waals surface area contributed by atoms with Crippen molar-refractivity contribution >= 4 is 56.5 Å². The number of H-pyrrole nitrogens is 1. The summed E-state index contributed by atoms with van der Waals surface area (Å²) in [6.07, 6.45) is 7.70. The van der Waals surface area contributed by atoms with Crippen molar-refractivity contribution in [2.45, 2.75) is 107 Å². The predicted octanol–water partition coefficient (Wildman–Crippen LogP) is 9.40. The van der Waals surface area contributed by atoms with Crippen LogP contribution in [-0.4, -0.2) is 57.3 Å². The van der Waals surface area contributed by atoms with Crippen LogP contribution in [0.5, 0.6) is 0 Å². The van der Waals surface area contributed by atoms with E-state index in [2.05, 4.69) is 22.9 Å². The first-order valence-electron chi connectivity index (χ1n) is 18.6. The minimum absolute atomic E-state index is 0.0109.